The molecule has 0 aliphatic rings. The van der Waals surface area contributed by atoms with Crippen molar-refractivity contribution in [1.29, 1.82) is 0 Å². The molecule has 6 N–H and O–H groups in total. The number of hydrogen-bond donors (Lipinski definition) is 5. The number of thioether (sulfide) groups is 1. The summed E-state index contributed by atoms with van der Waals surface area (Å²) in [5, 5.41) is 6.30. The molecule has 0 saturated heterocycles. The predicted octanol–water partition coefficient (Wildman–Crippen LogP) is 5.84. The van der Waals surface area contributed by atoms with Crippen molar-refractivity contribution in [3.05, 3.63) is 108 Å². The van der Waals surface area contributed by atoms with Crippen LogP contribution in [0.3, 0.4) is 0 Å². The van der Waals surface area contributed by atoms with Crippen LogP contribution in [0.15, 0.2) is 91.1 Å². The van der Waals surface area contributed by atoms with E-state index in [0.717, 1.165) is 39.8 Å². The Morgan fingerprint density at radius 2 is 1.56 bits per heavy atom. The highest BCUT2D eigenvalue weighted by molar-refractivity contribution is 7.99. The van der Waals surface area contributed by atoms with E-state index in [1.807, 2.05) is 72.8 Å². The van der Waals surface area contributed by atoms with Gasteiger partial charge < -0.3 is 31.0 Å². The highest BCUT2D eigenvalue weighted by Crippen LogP contribution is 2.48. The zero-order chi connectivity index (χ0) is 34.5. The lowest BCUT2D eigenvalue weighted by Crippen LogP contribution is -2.49. The molecule has 0 spiro atoms. The standard InChI is InChI=1S/C36H45N4O6PS/c1-25(2)17-18-48-24-29(35(42)39-32(34(37)41)20-28-21-38-31-16-10-9-15-30(28)31)23-47(44,45)33(19-26-11-5-3-6-12-26)40-36(43)46-22-27-13-7-4-8-14-27/h3-16,21,25,29,32-33,38H,17-20,22-24H2,1-2H3,(H2,37,41)(H,39,42)(H,40,43)(H,44,45)/t29?,32-,33+/m0/s1. The number of benzene rings is 3. The van der Waals surface area contributed by atoms with Crippen LogP contribution in [0.1, 0.15) is 37.0 Å². The Labute approximate surface area is 286 Å². The zero-order valence-corrected chi connectivity index (χ0v) is 29.1. The first-order valence-corrected chi connectivity index (χ1v) is 19.1. The van der Waals surface area contributed by atoms with Crippen LogP contribution in [-0.2, 0) is 38.3 Å². The summed E-state index contributed by atoms with van der Waals surface area (Å²) in [6.07, 6.45) is 1.64. The Balaban J connectivity index is 1.53. The minimum Gasteiger partial charge on any atom is -0.445 e. The molecule has 48 heavy (non-hydrogen) atoms. The van der Waals surface area contributed by atoms with Gasteiger partial charge in [0.2, 0.25) is 19.2 Å². The van der Waals surface area contributed by atoms with E-state index in [1.165, 1.54) is 11.8 Å². The molecule has 3 aromatic carbocycles. The van der Waals surface area contributed by atoms with Gasteiger partial charge in [0, 0.05) is 41.9 Å². The lowest BCUT2D eigenvalue weighted by Gasteiger charge is -2.28. The maximum absolute atomic E-state index is 14.2. The van der Waals surface area contributed by atoms with Crippen LogP contribution in [0, 0.1) is 11.8 Å². The van der Waals surface area contributed by atoms with Crippen molar-refractivity contribution in [2.75, 3.05) is 17.7 Å². The van der Waals surface area contributed by atoms with E-state index in [1.54, 1.807) is 18.3 Å². The topological polar surface area (TPSA) is 164 Å². The Bertz CT molecular complexity index is 1680. The smallest absolute Gasteiger partial charge is 0.408 e. The minimum absolute atomic E-state index is 0.0110. The number of carbonyl (C=O) groups excluding carboxylic acids is 3. The molecule has 0 aliphatic carbocycles. The molecule has 10 nitrogen and oxygen atoms in total. The number of para-hydroxylation sites is 1. The molecule has 2 unspecified atom stereocenters. The summed E-state index contributed by atoms with van der Waals surface area (Å²) >= 11 is 1.51. The van der Waals surface area contributed by atoms with Gasteiger partial charge in [-0.15, -0.1) is 0 Å². The van der Waals surface area contributed by atoms with Crippen molar-refractivity contribution in [2.45, 2.75) is 51.5 Å². The van der Waals surface area contributed by atoms with E-state index in [4.69, 9.17) is 10.5 Å². The lowest BCUT2D eigenvalue weighted by molar-refractivity contribution is -0.129. The van der Waals surface area contributed by atoms with Crippen molar-refractivity contribution in [1.82, 2.24) is 15.6 Å². The van der Waals surface area contributed by atoms with E-state index in [9.17, 15) is 23.8 Å². The normalized spacial score (nSPS) is 14.5. The van der Waals surface area contributed by atoms with E-state index >= 15 is 0 Å². The molecule has 3 amide bonds. The van der Waals surface area contributed by atoms with Gasteiger partial charge >= 0.3 is 6.09 Å². The molecule has 0 saturated carbocycles. The van der Waals surface area contributed by atoms with Crippen LogP contribution in [0.4, 0.5) is 4.79 Å². The van der Waals surface area contributed by atoms with Crippen molar-refractivity contribution >= 4 is 47.9 Å². The number of alkyl carbamates (subject to hydrolysis) is 1. The van der Waals surface area contributed by atoms with Crippen LogP contribution in [0.2, 0.25) is 0 Å². The Morgan fingerprint density at radius 1 is 0.917 bits per heavy atom. The molecule has 1 heterocycles. The van der Waals surface area contributed by atoms with Crippen LogP contribution in [-0.4, -0.2) is 57.3 Å². The van der Waals surface area contributed by atoms with E-state index in [0.29, 0.717) is 5.92 Å². The summed E-state index contributed by atoms with van der Waals surface area (Å²) in [7, 11) is -4.26. The lowest BCUT2D eigenvalue weighted by atomic mass is 10.0. The molecule has 0 radical (unpaired) electrons. The molecule has 4 atom stereocenters. The van der Waals surface area contributed by atoms with Gasteiger partial charge in [-0.05, 0) is 40.8 Å². The van der Waals surface area contributed by atoms with E-state index in [-0.39, 0.29) is 25.2 Å². The van der Waals surface area contributed by atoms with Crippen LogP contribution in [0.5, 0.6) is 0 Å². The minimum atomic E-state index is -4.26. The van der Waals surface area contributed by atoms with Gasteiger partial charge in [-0.1, -0.05) is 92.7 Å². The van der Waals surface area contributed by atoms with Crippen molar-refractivity contribution < 1.29 is 28.6 Å². The summed E-state index contributed by atoms with van der Waals surface area (Å²) in [5.41, 5.74) is 8.96. The molecule has 0 fully saturated rings. The molecule has 12 heteroatoms. The molecular weight excluding hydrogens is 647 g/mol. The third-order valence-corrected chi connectivity index (χ3v) is 11.4. The second kappa shape index (κ2) is 17.9. The van der Waals surface area contributed by atoms with Crippen molar-refractivity contribution in [3.8, 4) is 0 Å². The number of amides is 3. The van der Waals surface area contributed by atoms with Gasteiger partial charge in [0.05, 0.1) is 5.92 Å². The van der Waals surface area contributed by atoms with Gasteiger partial charge in [0.15, 0.2) is 0 Å². The van der Waals surface area contributed by atoms with Gasteiger partial charge in [-0.3, -0.25) is 14.2 Å². The summed E-state index contributed by atoms with van der Waals surface area (Å²) in [4.78, 5) is 54.1. The first-order chi connectivity index (χ1) is 23.0. The van der Waals surface area contributed by atoms with Gasteiger partial charge in [-0.2, -0.15) is 11.8 Å². The van der Waals surface area contributed by atoms with Crippen molar-refractivity contribution in [2.24, 2.45) is 17.6 Å². The molecule has 0 aliphatic heterocycles. The number of aromatic nitrogens is 1. The summed E-state index contributed by atoms with van der Waals surface area (Å²) in [5.74, 6) is -1.97. The molecule has 1 aromatic heterocycles. The maximum atomic E-state index is 14.2. The summed E-state index contributed by atoms with van der Waals surface area (Å²) < 4.78 is 19.6. The first kappa shape index (κ1) is 36.8. The van der Waals surface area contributed by atoms with Gasteiger partial charge in [-0.25, -0.2) is 4.79 Å². The second-order valence-electron chi connectivity index (χ2n) is 12.3. The zero-order valence-electron chi connectivity index (χ0n) is 27.3. The van der Waals surface area contributed by atoms with E-state index in [2.05, 4.69) is 29.5 Å². The van der Waals surface area contributed by atoms with E-state index < -0.39 is 49.2 Å². The number of aromatic amines is 1. The molecule has 4 aromatic rings. The number of nitrogens with two attached hydrogens (primary N) is 1. The van der Waals surface area contributed by atoms with Crippen LogP contribution in [0.25, 0.3) is 10.9 Å². The SMILES string of the molecule is CC(C)CCSCC(CP(=O)(O)[C@H](Cc1ccccc1)NC(=O)OCc1ccccc1)C(=O)N[C@@H](Cc1c[nH]c2ccccc12)C(N)=O. The number of fused-ring (bicyclic) bond motifs is 1. The van der Waals surface area contributed by atoms with Crippen LogP contribution < -0.4 is 16.4 Å². The number of primary amides is 1. The molecule has 0 bridgehead atoms. The quantitative estimate of drug-likeness (QED) is 0.0646. The monoisotopic (exact) mass is 692 g/mol. The fourth-order valence-electron chi connectivity index (χ4n) is 5.26. The first-order valence-electron chi connectivity index (χ1n) is 16.1. The summed E-state index contributed by atoms with van der Waals surface area (Å²) in [6.45, 7) is 4.19. The number of hydrogen-bond acceptors (Lipinski definition) is 6. The third kappa shape index (κ3) is 11.3. The number of rotatable bonds is 18. The number of H-pyrrole nitrogens is 1. The maximum Gasteiger partial charge on any atom is 0.408 e. The number of carbonyl (C=O) groups is 3. The fourth-order valence-corrected chi connectivity index (χ4v) is 8.78. The Hall–Kier alpha value is -4.05. The van der Waals surface area contributed by atoms with Gasteiger partial charge in [0.1, 0.15) is 18.4 Å². The Kier molecular flexibility index (Phi) is 13.7. The number of nitrogens with one attached hydrogen (secondary N) is 3. The Morgan fingerprint density at radius 3 is 2.23 bits per heavy atom. The highest BCUT2D eigenvalue weighted by Gasteiger charge is 2.38. The third-order valence-electron chi connectivity index (χ3n) is 8.03. The highest BCUT2D eigenvalue weighted by atomic mass is 32.2. The summed E-state index contributed by atoms with van der Waals surface area (Å²) in [6, 6.07) is 24.7. The molecule has 4 rings (SSSR count). The largest absolute Gasteiger partial charge is 0.445 e. The van der Waals surface area contributed by atoms with Gasteiger partial charge in [0.25, 0.3) is 0 Å². The molecule has 256 valence electrons. The average molecular weight is 693 g/mol. The fraction of sp³-hybridized carbons (Fsp3) is 0.361. The number of ether oxygens (including phenoxy) is 1. The average Bonchev–Trinajstić information content (AvgIpc) is 3.48. The molecular formula is C36H45N4O6PS. The second-order valence-corrected chi connectivity index (χ2v) is 16.0. The predicted molar refractivity (Wildman–Crippen MR) is 192 cm³/mol. The van der Waals surface area contributed by atoms with Crippen LogP contribution >= 0.6 is 19.1 Å². The van der Waals surface area contributed by atoms with Crippen molar-refractivity contribution in [3.63, 3.8) is 0 Å².